The molecular weight excluding hydrogens is 312 g/mol. The van der Waals surface area contributed by atoms with Gasteiger partial charge in [-0.3, -0.25) is 0 Å². The lowest BCUT2D eigenvalue weighted by atomic mass is 9.93. The van der Waals surface area contributed by atoms with Gasteiger partial charge in [0.05, 0.1) is 11.7 Å². The monoisotopic (exact) mass is 328 g/mol. The summed E-state index contributed by atoms with van der Waals surface area (Å²) in [6.07, 6.45) is 0.786. The number of hydrogen-bond acceptors (Lipinski definition) is 4. The fourth-order valence-corrected chi connectivity index (χ4v) is 4.41. The van der Waals surface area contributed by atoms with Gasteiger partial charge in [-0.05, 0) is 43.9 Å². The minimum Gasteiger partial charge on any atom is -0.393 e. The molecule has 0 spiro atoms. The van der Waals surface area contributed by atoms with Gasteiger partial charge in [0.1, 0.15) is 11.0 Å². The minimum atomic E-state index is -3.73. The molecule has 114 valence electrons. The lowest BCUT2D eigenvalue weighted by Gasteiger charge is -2.32. The number of halogens is 1. The molecule has 0 bridgehead atoms. The Morgan fingerprint density at radius 1 is 1.43 bits per heavy atom. The van der Waals surface area contributed by atoms with E-state index in [1.54, 1.807) is 6.92 Å². The van der Waals surface area contributed by atoms with Crippen molar-refractivity contribution in [3.8, 4) is 6.07 Å². The topological polar surface area (TPSA) is 81.4 Å². The second kappa shape index (κ2) is 6.32. The normalized spacial score (nSPS) is 19.1. The van der Waals surface area contributed by atoms with Crippen LogP contribution in [-0.2, 0) is 10.0 Å². The van der Waals surface area contributed by atoms with Crippen molar-refractivity contribution in [1.29, 1.82) is 5.26 Å². The Labute approximate surface area is 129 Å². The van der Waals surface area contributed by atoms with Crippen LogP contribution in [-0.4, -0.2) is 37.0 Å². The molecular formula is C14H17ClN2O3S. The number of piperidine rings is 1. The summed E-state index contributed by atoms with van der Waals surface area (Å²) in [4.78, 5) is -0.0482. The Morgan fingerprint density at radius 2 is 2.05 bits per heavy atom. The summed E-state index contributed by atoms with van der Waals surface area (Å²) in [5, 5.41) is 18.9. The van der Waals surface area contributed by atoms with Crippen LogP contribution in [0.15, 0.2) is 23.1 Å². The van der Waals surface area contributed by atoms with Gasteiger partial charge in [-0.2, -0.15) is 9.57 Å². The van der Waals surface area contributed by atoms with E-state index >= 15 is 0 Å². The Morgan fingerprint density at radius 3 is 2.57 bits per heavy atom. The zero-order chi connectivity index (χ0) is 15.6. The lowest BCUT2D eigenvalue weighted by Crippen LogP contribution is -2.40. The molecule has 0 radical (unpaired) electrons. The van der Waals surface area contributed by atoms with Crippen LogP contribution in [0, 0.1) is 17.2 Å². The summed E-state index contributed by atoms with van der Waals surface area (Å²) < 4.78 is 26.7. The van der Waals surface area contributed by atoms with E-state index in [9.17, 15) is 13.5 Å². The highest BCUT2D eigenvalue weighted by Crippen LogP contribution is 2.28. The smallest absolute Gasteiger partial charge is 0.244 e. The number of sulfonamides is 1. The largest absolute Gasteiger partial charge is 0.393 e. The van der Waals surface area contributed by atoms with Gasteiger partial charge in [0.25, 0.3) is 0 Å². The predicted molar refractivity (Wildman–Crippen MR) is 79.3 cm³/mol. The van der Waals surface area contributed by atoms with Crippen LogP contribution in [0.3, 0.4) is 0 Å². The van der Waals surface area contributed by atoms with E-state index in [1.165, 1.54) is 22.5 Å². The van der Waals surface area contributed by atoms with Crippen LogP contribution in [0.2, 0.25) is 5.02 Å². The first kappa shape index (κ1) is 16.2. The number of aliphatic hydroxyl groups is 1. The molecule has 1 fully saturated rings. The van der Waals surface area contributed by atoms with Gasteiger partial charge in [-0.25, -0.2) is 8.42 Å². The van der Waals surface area contributed by atoms with Crippen molar-refractivity contribution in [3.05, 3.63) is 28.8 Å². The van der Waals surface area contributed by atoms with Crippen molar-refractivity contribution < 1.29 is 13.5 Å². The second-order valence-corrected chi connectivity index (χ2v) is 7.58. The van der Waals surface area contributed by atoms with Crippen molar-refractivity contribution >= 4 is 21.6 Å². The Balaban J connectivity index is 2.28. The zero-order valence-corrected chi connectivity index (χ0v) is 13.2. The maximum Gasteiger partial charge on any atom is 0.244 e. The standard InChI is InChI=1S/C14H17ClN2O3S/c1-10(18)11-4-6-17(7-5-11)21(19,20)14-8-13(15)3-2-12(14)9-16/h2-3,8,10-11,18H,4-7H2,1H3. The molecule has 0 amide bonds. The highest BCUT2D eigenvalue weighted by molar-refractivity contribution is 7.89. The zero-order valence-electron chi connectivity index (χ0n) is 11.7. The van der Waals surface area contributed by atoms with Crippen LogP contribution in [0.5, 0.6) is 0 Å². The lowest BCUT2D eigenvalue weighted by molar-refractivity contribution is 0.0912. The first-order valence-electron chi connectivity index (χ1n) is 6.74. The molecule has 0 aliphatic carbocycles. The number of benzene rings is 1. The van der Waals surface area contributed by atoms with Gasteiger partial charge in [0.2, 0.25) is 10.0 Å². The summed E-state index contributed by atoms with van der Waals surface area (Å²) in [5.41, 5.74) is 0.0945. The molecule has 7 heteroatoms. The third-order valence-corrected chi connectivity index (χ3v) is 6.04. The molecule has 1 saturated heterocycles. The van der Waals surface area contributed by atoms with E-state index in [2.05, 4.69) is 0 Å². The summed E-state index contributed by atoms with van der Waals surface area (Å²) in [6, 6.07) is 6.12. The first-order chi connectivity index (χ1) is 9.86. The van der Waals surface area contributed by atoms with Gasteiger partial charge in [-0.1, -0.05) is 11.6 Å². The maximum absolute atomic E-state index is 12.6. The van der Waals surface area contributed by atoms with E-state index < -0.39 is 16.1 Å². The molecule has 1 aromatic rings. The third kappa shape index (κ3) is 3.38. The fraction of sp³-hybridized carbons (Fsp3) is 0.500. The number of hydrogen-bond donors (Lipinski definition) is 1. The Hall–Kier alpha value is -1.13. The quantitative estimate of drug-likeness (QED) is 0.920. The molecule has 2 rings (SSSR count). The summed E-state index contributed by atoms with van der Waals surface area (Å²) >= 11 is 5.86. The van der Waals surface area contributed by atoms with Crippen molar-refractivity contribution in [1.82, 2.24) is 4.31 Å². The van der Waals surface area contributed by atoms with Gasteiger partial charge < -0.3 is 5.11 Å². The molecule has 1 aromatic carbocycles. The van der Waals surface area contributed by atoms with Crippen molar-refractivity contribution in [2.75, 3.05) is 13.1 Å². The van der Waals surface area contributed by atoms with E-state index in [0.29, 0.717) is 25.9 Å². The highest BCUT2D eigenvalue weighted by atomic mass is 35.5. The molecule has 1 unspecified atom stereocenters. The predicted octanol–water partition coefficient (Wildman–Crippen LogP) is 1.99. The molecule has 1 aliphatic rings. The molecule has 1 atom stereocenters. The van der Waals surface area contributed by atoms with Gasteiger partial charge in [-0.15, -0.1) is 0 Å². The summed E-state index contributed by atoms with van der Waals surface area (Å²) in [5.74, 6) is 0.117. The van der Waals surface area contributed by atoms with Gasteiger partial charge in [0, 0.05) is 18.1 Å². The van der Waals surface area contributed by atoms with E-state index in [1.807, 2.05) is 6.07 Å². The van der Waals surface area contributed by atoms with Crippen LogP contribution in [0.1, 0.15) is 25.3 Å². The summed E-state index contributed by atoms with van der Waals surface area (Å²) in [7, 11) is -3.73. The fourth-order valence-electron chi connectivity index (χ4n) is 2.54. The average molecular weight is 329 g/mol. The third-order valence-electron chi connectivity index (χ3n) is 3.86. The van der Waals surface area contributed by atoms with Crippen LogP contribution in [0.25, 0.3) is 0 Å². The van der Waals surface area contributed by atoms with Gasteiger partial charge >= 0.3 is 0 Å². The van der Waals surface area contributed by atoms with E-state index in [4.69, 9.17) is 16.9 Å². The molecule has 1 N–H and O–H groups in total. The molecule has 0 aromatic heterocycles. The highest BCUT2D eigenvalue weighted by Gasteiger charge is 2.32. The van der Waals surface area contributed by atoms with Crippen LogP contribution < -0.4 is 0 Å². The van der Waals surface area contributed by atoms with Crippen molar-refractivity contribution in [2.45, 2.75) is 30.8 Å². The number of nitriles is 1. The molecule has 1 aliphatic heterocycles. The average Bonchev–Trinajstić information content (AvgIpc) is 2.47. The molecule has 1 heterocycles. The van der Waals surface area contributed by atoms with Crippen LogP contribution in [0.4, 0.5) is 0 Å². The number of aliphatic hydroxyl groups excluding tert-OH is 1. The first-order valence-corrected chi connectivity index (χ1v) is 8.56. The SMILES string of the molecule is CC(O)C1CCN(S(=O)(=O)c2cc(Cl)ccc2C#N)CC1. The number of nitrogens with zero attached hydrogens (tertiary/aromatic N) is 2. The number of rotatable bonds is 3. The minimum absolute atomic E-state index is 0.0482. The molecule has 0 saturated carbocycles. The van der Waals surface area contributed by atoms with Crippen molar-refractivity contribution in [2.24, 2.45) is 5.92 Å². The van der Waals surface area contributed by atoms with Gasteiger partial charge in [0.15, 0.2) is 0 Å². The van der Waals surface area contributed by atoms with E-state index in [0.717, 1.165) is 0 Å². The summed E-state index contributed by atoms with van der Waals surface area (Å²) in [6.45, 7) is 2.41. The maximum atomic E-state index is 12.6. The second-order valence-electron chi connectivity index (χ2n) is 5.23. The van der Waals surface area contributed by atoms with Crippen LogP contribution >= 0.6 is 11.6 Å². The molecule has 21 heavy (non-hydrogen) atoms. The Kier molecular flexibility index (Phi) is 4.89. The molecule has 5 nitrogen and oxygen atoms in total. The van der Waals surface area contributed by atoms with Crippen molar-refractivity contribution in [3.63, 3.8) is 0 Å². The van der Waals surface area contributed by atoms with E-state index in [-0.39, 0.29) is 21.4 Å². The Bertz CT molecular complexity index is 659.